The minimum atomic E-state index is -0.110. The standard InChI is InChI=1S/C23H36N4O3/c1-19(20-9-5-6-10-21(20)30-2)24-22(28)17-25-13-15-26(16-14-25)18-23(29)27-11-7-3-4-8-12-27/h5-6,9-10,19H,3-4,7-8,11-18H2,1-2H3,(H,24,28). The number of carbonyl (C=O) groups is 2. The molecule has 2 heterocycles. The van der Waals surface area contributed by atoms with Gasteiger partial charge in [0, 0.05) is 44.8 Å². The highest BCUT2D eigenvalue weighted by Crippen LogP contribution is 2.24. The van der Waals surface area contributed by atoms with Gasteiger partial charge in [-0.05, 0) is 25.8 Å². The molecule has 0 aromatic heterocycles. The zero-order valence-electron chi connectivity index (χ0n) is 18.4. The Morgan fingerprint density at radius 2 is 1.53 bits per heavy atom. The predicted octanol–water partition coefficient (Wildman–Crippen LogP) is 1.89. The highest BCUT2D eigenvalue weighted by Gasteiger charge is 2.24. The molecule has 166 valence electrons. The maximum atomic E-state index is 12.6. The number of likely N-dealkylation sites (tertiary alicyclic amines) is 1. The lowest BCUT2D eigenvalue weighted by molar-refractivity contribution is -0.133. The maximum absolute atomic E-state index is 12.6. The fraction of sp³-hybridized carbons (Fsp3) is 0.652. The van der Waals surface area contributed by atoms with Gasteiger partial charge in [0.05, 0.1) is 26.2 Å². The Kier molecular flexibility index (Phi) is 8.51. The number of carbonyl (C=O) groups excluding carboxylic acids is 2. The fourth-order valence-corrected chi connectivity index (χ4v) is 4.31. The van der Waals surface area contributed by atoms with E-state index in [1.165, 1.54) is 12.8 Å². The van der Waals surface area contributed by atoms with Crippen molar-refractivity contribution in [2.24, 2.45) is 0 Å². The molecule has 0 bridgehead atoms. The summed E-state index contributed by atoms with van der Waals surface area (Å²) in [6.07, 6.45) is 4.73. The van der Waals surface area contributed by atoms with Crippen LogP contribution < -0.4 is 10.1 Å². The molecule has 7 nitrogen and oxygen atoms in total. The number of methoxy groups -OCH3 is 1. The summed E-state index contributed by atoms with van der Waals surface area (Å²) in [5.74, 6) is 1.06. The Hall–Kier alpha value is -2.12. The van der Waals surface area contributed by atoms with Crippen LogP contribution in [0.25, 0.3) is 0 Å². The molecule has 0 saturated carbocycles. The highest BCUT2D eigenvalue weighted by molar-refractivity contribution is 5.79. The normalized spacial score (nSPS) is 19.7. The van der Waals surface area contributed by atoms with Crippen molar-refractivity contribution >= 4 is 11.8 Å². The van der Waals surface area contributed by atoms with Crippen molar-refractivity contribution in [3.8, 4) is 5.75 Å². The summed E-state index contributed by atoms with van der Waals surface area (Å²) in [5.41, 5.74) is 0.977. The zero-order valence-corrected chi connectivity index (χ0v) is 18.4. The van der Waals surface area contributed by atoms with Crippen LogP contribution in [0.4, 0.5) is 0 Å². The summed E-state index contributed by atoms with van der Waals surface area (Å²) in [5, 5.41) is 3.08. The van der Waals surface area contributed by atoms with E-state index < -0.39 is 0 Å². The lowest BCUT2D eigenvalue weighted by Crippen LogP contribution is -2.52. The molecule has 2 aliphatic rings. The topological polar surface area (TPSA) is 65.1 Å². The molecule has 0 aliphatic carbocycles. The first-order chi connectivity index (χ1) is 14.6. The average molecular weight is 417 g/mol. The zero-order chi connectivity index (χ0) is 21.3. The van der Waals surface area contributed by atoms with E-state index in [1.807, 2.05) is 36.1 Å². The number of hydrogen-bond acceptors (Lipinski definition) is 5. The van der Waals surface area contributed by atoms with Crippen molar-refractivity contribution in [2.45, 2.75) is 38.6 Å². The van der Waals surface area contributed by atoms with Crippen molar-refractivity contribution < 1.29 is 14.3 Å². The van der Waals surface area contributed by atoms with Gasteiger partial charge < -0.3 is 15.0 Å². The van der Waals surface area contributed by atoms with Crippen molar-refractivity contribution in [3.05, 3.63) is 29.8 Å². The van der Waals surface area contributed by atoms with Gasteiger partial charge in [0.25, 0.3) is 0 Å². The van der Waals surface area contributed by atoms with Crippen LogP contribution in [-0.4, -0.2) is 86.0 Å². The molecule has 2 fully saturated rings. The van der Waals surface area contributed by atoms with Crippen LogP contribution in [0.3, 0.4) is 0 Å². The van der Waals surface area contributed by atoms with Gasteiger partial charge in [-0.15, -0.1) is 0 Å². The largest absolute Gasteiger partial charge is 0.496 e. The molecule has 3 rings (SSSR count). The number of benzene rings is 1. The van der Waals surface area contributed by atoms with Gasteiger partial charge in [0.15, 0.2) is 0 Å². The summed E-state index contributed by atoms with van der Waals surface area (Å²) < 4.78 is 5.39. The third-order valence-corrected chi connectivity index (χ3v) is 6.13. The molecule has 0 spiro atoms. The minimum absolute atomic E-state index is 0.0162. The van der Waals surface area contributed by atoms with E-state index in [2.05, 4.69) is 15.1 Å². The average Bonchev–Trinajstić information content (AvgIpc) is 3.04. The Morgan fingerprint density at radius 3 is 2.17 bits per heavy atom. The van der Waals surface area contributed by atoms with Crippen LogP contribution in [0, 0.1) is 0 Å². The molecule has 0 radical (unpaired) electrons. The lowest BCUT2D eigenvalue weighted by atomic mass is 10.1. The molecular weight excluding hydrogens is 380 g/mol. The van der Waals surface area contributed by atoms with Gasteiger partial charge in [0.1, 0.15) is 5.75 Å². The van der Waals surface area contributed by atoms with E-state index in [0.29, 0.717) is 13.1 Å². The lowest BCUT2D eigenvalue weighted by Gasteiger charge is -2.35. The molecule has 1 unspecified atom stereocenters. The van der Waals surface area contributed by atoms with Crippen molar-refractivity contribution in [1.29, 1.82) is 0 Å². The number of rotatable bonds is 7. The minimum Gasteiger partial charge on any atom is -0.496 e. The van der Waals surface area contributed by atoms with Gasteiger partial charge >= 0.3 is 0 Å². The Bertz CT molecular complexity index is 695. The van der Waals surface area contributed by atoms with E-state index in [4.69, 9.17) is 4.74 Å². The van der Waals surface area contributed by atoms with E-state index in [-0.39, 0.29) is 17.9 Å². The Labute approximate surface area is 180 Å². The van der Waals surface area contributed by atoms with Gasteiger partial charge in [-0.1, -0.05) is 31.0 Å². The molecule has 1 N–H and O–H groups in total. The molecule has 7 heteroatoms. The van der Waals surface area contributed by atoms with Crippen LogP contribution in [0.1, 0.15) is 44.2 Å². The highest BCUT2D eigenvalue weighted by atomic mass is 16.5. The quantitative estimate of drug-likeness (QED) is 0.735. The second-order valence-electron chi connectivity index (χ2n) is 8.38. The third-order valence-electron chi connectivity index (χ3n) is 6.13. The van der Waals surface area contributed by atoms with Crippen LogP contribution in [-0.2, 0) is 9.59 Å². The third kappa shape index (κ3) is 6.44. The number of nitrogens with one attached hydrogen (secondary N) is 1. The van der Waals surface area contributed by atoms with Crippen LogP contribution >= 0.6 is 0 Å². The SMILES string of the molecule is COc1ccccc1C(C)NC(=O)CN1CCN(CC(=O)N2CCCCCC2)CC1. The van der Waals surface area contributed by atoms with Crippen LogP contribution in [0.5, 0.6) is 5.75 Å². The first-order valence-electron chi connectivity index (χ1n) is 11.2. The number of nitrogens with zero attached hydrogens (tertiary/aromatic N) is 3. The Morgan fingerprint density at radius 1 is 0.933 bits per heavy atom. The van der Waals surface area contributed by atoms with E-state index in [9.17, 15) is 9.59 Å². The number of piperazine rings is 1. The fourth-order valence-electron chi connectivity index (χ4n) is 4.31. The molecule has 1 atom stereocenters. The molecule has 2 saturated heterocycles. The summed E-state index contributed by atoms with van der Waals surface area (Å²) in [6.45, 7) is 7.95. The molecule has 1 aromatic rings. The van der Waals surface area contributed by atoms with E-state index >= 15 is 0 Å². The van der Waals surface area contributed by atoms with Crippen LogP contribution in [0.15, 0.2) is 24.3 Å². The molecule has 1 aromatic carbocycles. The summed E-state index contributed by atoms with van der Waals surface area (Å²) in [4.78, 5) is 31.5. The molecular formula is C23H36N4O3. The molecule has 30 heavy (non-hydrogen) atoms. The maximum Gasteiger partial charge on any atom is 0.236 e. The van der Waals surface area contributed by atoms with Crippen molar-refractivity contribution in [3.63, 3.8) is 0 Å². The second kappa shape index (κ2) is 11.3. The van der Waals surface area contributed by atoms with Crippen LogP contribution in [0.2, 0.25) is 0 Å². The second-order valence-corrected chi connectivity index (χ2v) is 8.38. The van der Waals surface area contributed by atoms with Gasteiger partial charge in [0.2, 0.25) is 11.8 Å². The molecule has 2 amide bonds. The van der Waals surface area contributed by atoms with E-state index in [0.717, 1.165) is 63.4 Å². The number of ether oxygens (including phenoxy) is 1. The molecule has 2 aliphatic heterocycles. The van der Waals surface area contributed by atoms with Crippen molar-refractivity contribution in [2.75, 3.05) is 59.5 Å². The van der Waals surface area contributed by atoms with Gasteiger partial charge in [-0.3, -0.25) is 19.4 Å². The predicted molar refractivity (Wildman–Crippen MR) is 117 cm³/mol. The Balaban J connectivity index is 1.39. The number of amides is 2. The van der Waals surface area contributed by atoms with E-state index in [1.54, 1.807) is 7.11 Å². The smallest absolute Gasteiger partial charge is 0.236 e. The number of para-hydroxylation sites is 1. The van der Waals surface area contributed by atoms with Gasteiger partial charge in [-0.25, -0.2) is 0 Å². The number of hydrogen-bond donors (Lipinski definition) is 1. The summed E-state index contributed by atoms with van der Waals surface area (Å²) in [7, 11) is 1.64. The first kappa shape index (κ1) is 22.6. The van der Waals surface area contributed by atoms with Crippen molar-refractivity contribution in [1.82, 2.24) is 20.0 Å². The first-order valence-corrected chi connectivity index (χ1v) is 11.2. The summed E-state index contributed by atoms with van der Waals surface area (Å²) in [6, 6.07) is 7.65. The van der Waals surface area contributed by atoms with Gasteiger partial charge in [-0.2, -0.15) is 0 Å². The summed E-state index contributed by atoms with van der Waals surface area (Å²) >= 11 is 0. The monoisotopic (exact) mass is 416 g/mol.